The van der Waals surface area contributed by atoms with Gasteiger partial charge in [0.15, 0.2) is 0 Å². The highest BCUT2D eigenvalue weighted by molar-refractivity contribution is 6.30. The van der Waals surface area contributed by atoms with E-state index in [9.17, 15) is 22.4 Å². The minimum Gasteiger partial charge on any atom is -0.350 e. The zero-order chi connectivity index (χ0) is 24.6. The molecule has 0 fully saturated rings. The molecule has 3 aromatic rings. The fourth-order valence-corrected chi connectivity index (χ4v) is 3.44. The topological polar surface area (TPSA) is 46.9 Å². The van der Waals surface area contributed by atoms with Gasteiger partial charge in [-0.1, -0.05) is 44.5 Å². The number of benzene rings is 2. The second kappa shape index (κ2) is 9.17. The quantitative estimate of drug-likeness (QED) is 0.428. The molecule has 0 saturated carbocycles. The van der Waals surface area contributed by atoms with Crippen LogP contribution in [-0.4, -0.2) is 15.7 Å². The van der Waals surface area contributed by atoms with E-state index in [1.807, 2.05) is 32.9 Å². The first-order chi connectivity index (χ1) is 15.3. The summed E-state index contributed by atoms with van der Waals surface area (Å²) < 4.78 is 54.4. The highest BCUT2D eigenvalue weighted by Crippen LogP contribution is 2.33. The first kappa shape index (κ1) is 24.8. The zero-order valence-electron chi connectivity index (χ0n) is 18.6. The Bertz CT molecular complexity index is 1170. The van der Waals surface area contributed by atoms with Gasteiger partial charge in [-0.05, 0) is 48.9 Å². The van der Waals surface area contributed by atoms with Gasteiger partial charge < -0.3 is 5.32 Å². The third kappa shape index (κ3) is 5.74. The lowest BCUT2D eigenvalue weighted by Gasteiger charge is -2.16. The van der Waals surface area contributed by atoms with Crippen molar-refractivity contribution >= 4 is 17.5 Å². The predicted molar refractivity (Wildman–Crippen MR) is 119 cm³/mol. The van der Waals surface area contributed by atoms with Crippen LogP contribution >= 0.6 is 11.6 Å². The lowest BCUT2D eigenvalue weighted by molar-refractivity contribution is -0.140. The Morgan fingerprint density at radius 3 is 2.42 bits per heavy atom. The van der Waals surface area contributed by atoms with E-state index in [2.05, 4.69) is 10.4 Å². The van der Waals surface area contributed by atoms with Crippen LogP contribution < -0.4 is 5.32 Å². The molecule has 1 atom stereocenters. The molecule has 0 aliphatic carbocycles. The Labute approximate surface area is 194 Å². The minimum atomic E-state index is -4.84. The number of hydrogen-bond donors (Lipinski definition) is 1. The van der Waals surface area contributed by atoms with Crippen LogP contribution in [0.4, 0.5) is 17.6 Å². The van der Waals surface area contributed by atoms with Crippen molar-refractivity contribution in [2.24, 2.45) is 0 Å². The molecule has 3 rings (SSSR count). The van der Waals surface area contributed by atoms with Crippen LogP contribution in [0.15, 0.2) is 48.5 Å². The largest absolute Gasteiger partial charge is 0.419 e. The number of nitrogens with zero attached hydrogens (tertiary/aromatic N) is 2. The summed E-state index contributed by atoms with van der Waals surface area (Å²) >= 11 is 6.12. The lowest BCUT2D eigenvalue weighted by Crippen LogP contribution is -2.28. The normalized spacial score (nSPS) is 13.1. The van der Waals surface area contributed by atoms with Gasteiger partial charge in [-0.3, -0.25) is 4.79 Å². The average molecular weight is 482 g/mol. The van der Waals surface area contributed by atoms with Crippen molar-refractivity contribution in [3.05, 3.63) is 81.9 Å². The molecule has 33 heavy (non-hydrogen) atoms. The maximum Gasteiger partial charge on any atom is 0.419 e. The molecule has 4 nitrogen and oxygen atoms in total. The smallest absolute Gasteiger partial charge is 0.350 e. The summed E-state index contributed by atoms with van der Waals surface area (Å²) in [6.07, 6.45) is -4.84. The summed E-state index contributed by atoms with van der Waals surface area (Å²) in [4.78, 5) is 12.7. The van der Waals surface area contributed by atoms with Gasteiger partial charge in [0, 0.05) is 10.4 Å². The summed E-state index contributed by atoms with van der Waals surface area (Å²) in [5.74, 6) is -2.79. The van der Waals surface area contributed by atoms with Crippen molar-refractivity contribution in [2.75, 3.05) is 0 Å². The zero-order valence-corrected chi connectivity index (χ0v) is 19.4. The fourth-order valence-electron chi connectivity index (χ4n) is 3.26. The number of aromatic nitrogens is 2. The summed E-state index contributed by atoms with van der Waals surface area (Å²) in [5.41, 5.74) is 0.612. The molecule has 1 amide bonds. The Kier molecular flexibility index (Phi) is 6.88. The first-order valence-electron chi connectivity index (χ1n) is 10.3. The molecule has 0 saturated heterocycles. The molecule has 0 aliphatic heterocycles. The molecule has 9 heteroatoms. The van der Waals surface area contributed by atoms with Crippen molar-refractivity contribution in [1.29, 1.82) is 0 Å². The van der Waals surface area contributed by atoms with Crippen LogP contribution in [-0.2, 0) is 22.9 Å². The molecule has 176 valence electrons. The number of hydrogen-bond acceptors (Lipinski definition) is 2. The van der Waals surface area contributed by atoms with E-state index in [-0.39, 0.29) is 17.5 Å². The van der Waals surface area contributed by atoms with Crippen molar-refractivity contribution in [2.45, 2.75) is 51.7 Å². The van der Waals surface area contributed by atoms with Gasteiger partial charge in [-0.15, -0.1) is 0 Å². The third-order valence-electron chi connectivity index (χ3n) is 5.24. The van der Waals surface area contributed by atoms with Crippen LogP contribution in [0, 0.1) is 5.82 Å². The lowest BCUT2D eigenvalue weighted by atomic mass is 9.92. The average Bonchev–Trinajstić information content (AvgIpc) is 3.16. The maximum atomic E-state index is 13.6. The molecule has 1 aromatic heterocycles. The Morgan fingerprint density at radius 1 is 1.12 bits per heavy atom. The molecule has 1 heterocycles. The molecule has 2 aromatic carbocycles. The molecule has 0 aliphatic rings. The molecule has 0 spiro atoms. The van der Waals surface area contributed by atoms with Crippen LogP contribution in [0.25, 0.3) is 5.69 Å². The van der Waals surface area contributed by atoms with Crippen molar-refractivity contribution < 1.29 is 22.4 Å². The number of alkyl halides is 3. The monoisotopic (exact) mass is 481 g/mol. The SMILES string of the molecule is CC(C(=O)NCc1cc(C(C)(C)C)nn1-c1cccc(Cl)c1)c1ccc(F)c(C(F)(F)F)c1. The van der Waals surface area contributed by atoms with Crippen LogP contribution in [0.1, 0.15) is 56.1 Å². The van der Waals surface area contributed by atoms with Gasteiger partial charge in [0.05, 0.1) is 35.1 Å². The van der Waals surface area contributed by atoms with Crippen LogP contribution in [0.3, 0.4) is 0 Å². The number of halogens is 5. The Morgan fingerprint density at radius 2 is 1.82 bits per heavy atom. The summed E-state index contributed by atoms with van der Waals surface area (Å²) in [6.45, 7) is 7.59. The van der Waals surface area contributed by atoms with Crippen molar-refractivity contribution in [3.63, 3.8) is 0 Å². The number of amides is 1. The molecule has 1 N–H and O–H groups in total. The minimum absolute atomic E-state index is 0.0694. The van der Waals surface area contributed by atoms with E-state index in [4.69, 9.17) is 11.6 Å². The van der Waals surface area contributed by atoms with Gasteiger partial charge in [0.2, 0.25) is 5.91 Å². The standard InChI is InChI=1S/C24H24ClF4N3O/c1-14(15-8-9-20(26)19(10-15)24(27,28)29)22(33)30-13-18-12-21(23(2,3)4)31-32(18)17-7-5-6-16(25)11-17/h5-12,14H,13H2,1-4H3,(H,30,33). The molecule has 1 unspecified atom stereocenters. The number of nitrogens with one attached hydrogen (secondary N) is 1. The predicted octanol–water partition coefficient (Wildman–Crippen LogP) is 6.40. The summed E-state index contributed by atoms with van der Waals surface area (Å²) in [5, 5.41) is 7.94. The van der Waals surface area contributed by atoms with Gasteiger partial charge in [0.1, 0.15) is 5.82 Å². The van der Waals surface area contributed by atoms with Crippen molar-refractivity contribution in [3.8, 4) is 5.69 Å². The van der Waals surface area contributed by atoms with E-state index in [1.54, 1.807) is 22.9 Å². The fraction of sp³-hybridized carbons (Fsp3) is 0.333. The van der Waals surface area contributed by atoms with Gasteiger partial charge in [0.25, 0.3) is 0 Å². The highest BCUT2D eigenvalue weighted by Gasteiger charge is 2.35. The van der Waals surface area contributed by atoms with Crippen molar-refractivity contribution in [1.82, 2.24) is 15.1 Å². The summed E-state index contributed by atoms with van der Waals surface area (Å²) in [6, 6.07) is 11.5. The Balaban J connectivity index is 1.85. The van der Waals surface area contributed by atoms with E-state index in [0.29, 0.717) is 22.5 Å². The Hall–Kier alpha value is -2.87. The highest BCUT2D eigenvalue weighted by atomic mass is 35.5. The molecule has 0 radical (unpaired) electrons. The summed E-state index contributed by atoms with van der Waals surface area (Å²) in [7, 11) is 0. The van der Waals surface area contributed by atoms with Gasteiger partial charge >= 0.3 is 6.18 Å². The van der Waals surface area contributed by atoms with E-state index in [1.165, 1.54) is 13.0 Å². The third-order valence-corrected chi connectivity index (χ3v) is 5.47. The van der Waals surface area contributed by atoms with E-state index in [0.717, 1.165) is 11.8 Å². The molecular formula is C24H24ClF4N3O. The number of rotatable bonds is 5. The number of carbonyl (C=O) groups is 1. The molecule has 0 bridgehead atoms. The van der Waals surface area contributed by atoms with E-state index >= 15 is 0 Å². The van der Waals surface area contributed by atoms with Crippen LogP contribution in [0.2, 0.25) is 5.02 Å². The van der Waals surface area contributed by atoms with Gasteiger partial charge in [-0.2, -0.15) is 18.3 Å². The molecular weight excluding hydrogens is 458 g/mol. The van der Waals surface area contributed by atoms with E-state index < -0.39 is 29.4 Å². The first-order valence-corrected chi connectivity index (χ1v) is 10.6. The second-order valence-corrected chi connectivity index (χ2v) is 9.28. The maximum absolute atomic E-state index is 13.6. The van der Waals surface area contributed by atoms with Crippen LogP contribution in [0.5, 0.6) is 0 Å². The van der Waals surface area contributed by atoms with Gasteiger partial charge in [-0.25, -0.2) is 9.07 Å². The second-order valence-electron chi connectivity index (χ2n) is 8.84. The number of carbonyl (C=O) groups excluding carboxylic acids is 1.